The fourth-order valence-corrected chi connectivity index (χ4v) is 1.78. The Morgan fingerprint density at radius 1 is 1.75 bits per heavy atom. The predicted molar refractivity (Wildman–Crippen MR) is 59.2 cm³/mol. The largest absolute Gasteiger partial charge is 0.376 e. The fraction of sp³-hybridized carbons (Fsp3) is 0.600. The molecule has 0 bridgehead atoms. The molecule has 0 unspecified atom stereocenters. The Morgan fingerprint density at radius 2 is 2.62 bits per heavy atom. The third-order valence-electron chi connectivity index (χ3n) is 2.64. The van der Waals surface area contributed by atoms with Gasteiger partial charge in [0.1, 0.15) is 0 Å². The first kappa shape index (κ1) is 10.9. The summed E-state index contributed by atoms with van der Waals surface area (Å²) >= 11 is 0. The number of aromatic amines is 1. The van der Waals surface area contributed by atoms with Crippen LogP contribution in [0.3, 0.4) is 0 Å². The van der Waals surface area contributed by atoms with Gasteiger partial charge in [0.25, 0.3) is 0 Å². The zero-order valence-corrected chi connectivity index (χ0v) is 9.19. The Kier molecular flexibility index (Phi) is 3.40. The minimum Gasteiger partial charge on any atom is -0.376 e. The van der Waals surface area contributed by atoms with Crippen molar-refractivity contribution in [3.8, 4) is 0 Å². The number of urea groups is 1. The highest BCUT2D eigenvalue weighted by molar-refractivity contribution is 5.89. The molecule has 2 rings (SSSR count). The lowest BCUT2D eigenvalue weighted by Crippen LogP contribution is -2.42. The molecule has 2 heterocycles. The first-order valence-corrected chi connectivity index (χ1v) is 5.43. The number of carbonyl (C=O) groups is 1. The zero-order chi connectivity index (χ0) is 11.4. The van der Waals surface area contributed by atoms with Gasteiger partial charge in [-0.3, -0.25) is 5.10 Å². The van der Waals surface area contributed by atoms with E-state index >= 15 is 0 Å². The molecule has 0 radical (unpaired) electrons. The fourth-order valence-electron chi connectivity index (χ4n) is 1.78. The van der Waals surface area contributed by atoms with E-state index in [2.05, 4.69) is 20.8 Å². The first-order chi connectivity index (χ1) is 7.75. The molecule has 0 spiro atoms. The minimum absolute atomic E-state index is 0.0226. The van der Waals surface area contributed by atoms with Gasteiger partial charge in [0.05, 0.1) is 24.0 Å². The molecule has 88 valence electrons. The molecule has 2 atom stereocenters. The number of hydrogen-bond donors (Lipinski definition) is 3. The molecule has 3 N–H and O–H groups in total. The van der Waals surface area contributed by atoms with E-state index in [0.29, 0.717) is 5.69 Å². The smallest absolute Gasteiger partial charge is 0.319 e. The van der Waals surface area contributed by atoms with Gasteiger partial charge in [-0.1, -0.05) is 0 Å². The maximum Gasteiger partial charge on any atom is 0.319 e. The van der Waals surface area contributed by atoms with Crippen LogP contribution in [0.4, 0.5) is 10.5 Å². The van der Waals surface area contributed by atoms with Gasteiger partial charge in [0.15, 0.2) is 0 Å². The number of nitrogens with one attached hydrogen (secondary N) is 3. The number of aromatic nitrogens is 2. The number of anilines is 1. The Balaban J connectivity index is 1.78. The number of H-pyrrole nitrogens is 1. The summed E-state index contributed by atoms with van der Waals surface area (Å²) in [6.07, 6.45) is 5.38. The minimum atomic E-state index is -0.232. The van der Waals surface area contributed by atoms with Gasteiger partial charge in [0, 0.05) is 12.8 Å². The lowest BCUT2D eigenvalue weighted by molar-refractivity contribution is 0.0868. The van der Waals surface area contributed by atoms with Gasteiger partial charge < -0.3 is 15.4 Å². The van der Waals surface area contributed by atoms with Crippen molar-refractivity contribution in [2.75, 3.05) is 11.9 Å². The van der Waals surface area contributed by atoms with Crippen LogP contribution in [0, 0.1) is 0 Å². The second kappa shape index (κ2) is 4.98. The van der Waals surface area contributed by atoms with Crippen molar-refractivity contribution in [2.24, 2.45) is 0 Å². The van der Waals surface area contributed by atoms with Crippen molar-refractivity contribution in [2.45, 2.75) is 31.9 Å². The Labute approximate surface area is 93.8 Å². The second-order valence-corrected chi connectivity index (χ2v) is 3.93. The lowest BCUT2D eigenvalue weighted by Gasteiger charge is -2.19. The number of ether oxygens (including phenoxy) is 1. The van der Waals surface area contributed by atoms with Crippen LogP contribution in [0.5, 0.6) is 0 Å². The molecule has 1 aromatic heterocycles. The molecule has 0 aromatic carbocycles. The molecule has 0 aliphatic carbocycles. The van der Waals surface area contributed by atoms with Gasteiger partial charge in [-0.15, -0.1) is 0 Å². The molecule has 6 nitrogen and oxygen atoms in total. The highest BCUT2D eigenvalue weighted by Crippen LogP contribution is 2.15. The topological polar surface area (TPSA) is 79.0 Å². The van der Waals surface area contributed by atoms with Gasteiger partial charge >= 0.3 is 6.03 Å². The number of hydrogen-bond acceptors (Lipinski definition) is 3. The summed E-state index contributed by atoms with van der Waals surface area (Å²) in [5.41, 5.74) is 0.650. The van der Waals surface area contributed by atoms with E-state index in [0.717, 1.165) is 19.4 Å². The van der Waals surface area contributed by atoms with Crippen LogP contribution in [0.25, 0.3) is 0 Å². The lowest BCUT2D eigenvalue weighted by atomic mass is 10.1. The van der Waals surface area contributed by atoms with Gasteiger partial charge in [-0.2, -0.15) is 5.10 Å². The van der Waals surface area contributed by atoms with Gasteiger partial charge in [-0.05, 0) is 19.8 Å². The quantitative estimate of drug-likeness (QED) is 0.719. The number of carbonyl (C=O) groups excluding carboxylic acids is 1. The van der Waals surface area contributed by atoms with E-state index < -0.39 is 0 Å². The summed E-state index contributed by atoms with van der Waals surface area (Å²) in [4.78, 5) is 11.6. The molecule has 1 fully saturated rings. The first-order valence-electron chi connectivity index (χ1n) is 5.43. The molecule has 6 heteroatoms. The van der Waals surface area contributed by atoms with Gasteiger partial charge in [0.2, 0.25) is 0 Å². The molecule has 2 amide bonds. The highest BCUT2D eigenvalue weighted by Gasteiger charge is 2.23. The molecule has 0 saturated carbocycles. The van der Waals surface area contributed by atoms with Crippen LogP contribution in [0.2, 0.25) is 0 Å². The van der Waals surface area contributed by atoms with Crippen molar-refractivity contribution in [3.63, 3.8) is 0 Å². The summed E-state index contributed by atoms with van der Waals surface area (Å²) in [5, 5.41) is 11.9. The van der Waals surface area contributed by atoms with E-state index in [4.69, 9.17) is 4.74 Å². The van der Waals surface area contributed by atoms with Crippen LogP contribution in [-0.4, -0.2) is 35.0 Å². The summed E-state index contributed by atoms with van der Waals surface area (Å²) in [6.45, 7) is 2.74. The summed E-state index contributed by atoms with van der Waals surface area (Å²) in [6, 6.07) is -0.209. The van der Waals surface area contributed by atoms with Crippen LogP contribution >= 0.6 is 0 Å². The van der Waals surface area contributed by atoms with E-state index in [1.165, 1.54) is 0 Å². The zero-order valence-electron chi connectivity index (χ0n) is 9.19. The van der Waals surface area contributed by atoms with Crippen molar-refractivity contribution in [1.82, 2.24) is 15.5 Å². The highest BCUT2D eigenvalue weighted by atomic mass is 16.5. The molecule has 1 aliphatic heterocycles. The van der Waals surface area contributed by atoms with Crippen LogP contribution < -0.4 is 10.6 Å². The normalized spacial score (nSPS) is 21.7. The van der Waals surface area contributed by atoms with Crippen LogP contribution in [-0.2, 0) is 4.74 Å². The third kappa shape index (κ3) is 2.73. The molecule has 1 aromatic rings. The number of amides is 2. The third-order valence-corrected chi connectivity index (χ3v) is 2.64. The standard InChI is InChI=1S/C10H16N4O2/c1-7(9-3-2-4-16-9)13-10(15)14-8-5-11-12-6-8/h5-7,9H,2-4H2,1H3,(H,11,12)(H2,13,14,15)/t7-,9+/m0/s1. The van der Waals surface area contributed by atoms with Crippen LogP contribution in [0.15, 0.2) is 12.4 Å². The second-order valence-electron chi connectivity index (χ2n) is 3.93. The van der Waals surface area contributed by atoms with E-state index in [-0.39, 0.29) is 18.2 Å². The number of nitrogens with zero attached hydrogens (tertiary/aromatic N) is 1. The van der Waals surface area contributed by atoms with Crippen molar-refractivity contribution >= 4 is 11.7 Å². The number of rotatable bonds is 3. The molecular weight excluding hydrogens is 208 g/mol. The van der Waals surface area contributed by atoms with Crippen LogP contribution in [0.1, 0.15) is 19.8 Å². The molecule has 1 aliphatic rings. The summed E-state index contributed by atoms with van der Waals surface area (Å²) in [7, 11) is 0. The SMILES string of the molecule is C[C@H](NC(=O)Nc1cn[nH]c1)[C@H]1CCCO1. The summed E-state index contributed by atoms with van der Waals surface area (Å²) in [5.74, 6) is 0. The maximum atomic E-state index is 11.6. The molecular formula is C10H16N4O2. The van der Waals surface area contributed by atoms with E-state index in [9.17, 15) is 4.79 Å². The maximum absolute atomic E-state index is 11.6. The summed E-state index contributed by atoms with van der Waals surface area (Å²) < 4.78 is 5.49. The average Bonchev–Trinajstić information content (AvgIpc) is 2.88. The van der Waals surface area contributed by atoms with Crippen molar-refractivity contribution in [1.29, 1.82) is 0 Å². The monoisotopic (exact) mass is 224 g/mol. The molecule has 16 heavy (non-hydrogen) atoms. The van der Waals surface area contributed by atoms with E-state index in [1.807, 2.05) is 6.92 Å². The Bertz CT molecular complexity index is 333. The van der Waals surface area contributed by atoms with Gasteiger partial charge in [-0.25, -0.2) is 4.79 Å². The van der Waals surface area contributed by atoms with E-state index in [1.54, 1.807) is 12.4 Å². The Morgan fingerprint density at radius 3 is 3.25 bits per heavy atom. The van der Waals surface area contributed by atoms with Crippen molar-refractivity contribution < 1.29 is 9.53 Å². The average molecular weight is 224 g/mol. The Hall–Kier alpha value is -1.56. The molecule has 1 saturated heterocycles. The van der Waals surface area contributed by atoms with Crippen molar-refractivity contribution in [3.05, 3.63) is 12.4 Å². The predicted octanol–water partition coefficient (Wildman–Crippen LogP) is 1.10.